The van der Waals surface area contributed by atoms with Crippen molar-refractivity contribution in [2.45, 2.75) is 26.1 Å². The van der Waals surface area contributed by atoms with Crippen LogP contribution in [0.1, 0.15) is 33.0 Å². The van der Waals surface area contributed by atoms with Crippen LogP contribution in [0.2, 0.25) is 0 Å². The number of halogens is 3. The summed E-state index contributed by atoms with van der Waals surface area (Å²) in [6.07, 6.45) is -2.15. The Bertz CT molecular complexity index is 987. The number of aromatic amines is 2. The first-order chi connectivity index (χ1) is 12.8. The number of aryl methyl sites for hydroxylation is 1. The summed E-state index contributed by atoms with van der Waals surface area (Å²) in [6, 6.07) is 6.14. The Morgan fingerprint density at radius 3 is 2.63 bits per heavy atom. The fourth-order valence-electron chi connectivity index (χ4n) is 3.34. The van der Waals surface area contributed by atoms with Gasteiger partial charge in [-0.1, -0.05) is 12.1 Å². The molecule has 0 saturated carbocycles. The number of carbonyl (C=O) groups is 1. The molecule has 0 radical (unpaired) electrons. The largest absolute Gasteiger partial charge is 0.435 e. The van der Waals surface area contributed by atoms with E-state index in [2.05, 4.69) is 20.4 Å². The van der Waals surface area contributed by atoms with Gasteiger partial charge in [-0.2, -0.15) is 23.4 Å². The lowest BCUT2D eigenvalue weighted by Crippen LogP contribution is -2.35. The summed E-state index contributed by atoms with van der Waals surface area (Å²) in [6.45, 7) is 2.56. The summed E-state index contributed by atoms with van der Waals surface area (Å²) >= 11 is 0. The van der Waals surface area contributed by atoms with Crippen LogP contribution in [-0.4, -0.2) is 37.7 Å². The molecule has 0 bridgehead atoms. The van der Waals surface area contributed by atoms with Crippen LogP contribution in [0.5, 0.6) is 0 Å². The van der Waals surface area contributed by atoms with Crippen molar-refractivity contribution in [2.75, 3.05) is 6.54 Å². The molecule has 2 N–H and O–H groups in total. The van der Waals surface area contributed by atoms with Gasteiger partial charge in [-0.25, -0.2) is 0 Å². The first-order valence-corrected chi connectivity index (χ1v) is 8.37. The van der Waals surface area contributed by atoms with Crippen LogP contribution in [-0.2, 0) is 19.1 Å². The predicted molar refractivity (Wildman–Crippen MR) is 90.8 cm³/mol. The van der Waals surface area contributed by atoms with E-state index >= 15 is 0 Å². The van der Waals surface area contributed by atoms with Gasteiger partial charge in [0, 0.05) is 47.6 Å². The fourth-order valence-corrected chi connectivity index (χ4v) is 3.34. The maximum Gasteiger partial charge on any atom is 0.435 e. The van der Waals surface area contributed by atoms with E-state index in [1.165, 1.54) is 19.1 Å². The highest BCUT2D eigenvalue weighted by Crippen LogP contribution is 2.37. The molecule has 0 fully saturated rings. The Hall–Kier alpha value is -3.10. The van der Waals surface area contributed by atoms with Crippen molar-refractivity contribution in [2.24, 2.45) is 0 Å². The average molecular weight is 375 g/mol. The average Bonchev–Trinajstić information content (AvgIpc) is 3.26. The molecule has 2 aromatic heterocycles. The van der Waals surface area contributed by atoms with E-state index in [-0.39, 0.29) is 11.5 Å². The first-order valence-electron chi connectivity index (χ1n) is 8.37. The molecule has 140 valence electrons. The van der Waals surface area contributed by atoms with Gasteiger partial charge >= 0.3 is 6.18 Å². The van der Waals surface area contributed by atoms with E-state index in [9.17, 15) is 18.0 Å². The highest BCUT2D eigenvalue weighted by molar-refractivity contribution is 5.95. The van der Waals surface area contributed by atoms with Crippen molar-refractivity contribution in [1.29, 1.82) is 0 Å². The predicted octanol–water partition coefficient (Wildman–Crippen LogP) is 3.33. The molecule has 3 heterocycles. The minimum Gasteiger partial charge on any atom is -0.334 e. The Morgan fingerprint density at radius 1 is 1.19 bits per heavy atom. The Labute approximate surface area is 152 Å². The van der Waals surface area contributed by atoms with Gasteiger partial charge in [0.05, 0.1) is 6.20 Å². The lowest BCUT2D eigenvalue weighted by Gasteiger charge is -2.26. The number of nitrogens with one attached hydrogen (secondary N) is 2. The van der Waals surface area contributed by atoms with E-state index in [0.29, 0.717) is 36.3 Å². The summed E-state index contributed by atoms with van der Waals surface area (Å²) < 4.78 is 39.4. The van der Waals surface area contributed by atoms with Crippen molar-refractivity contribution in [1.82, 2.24) is 25.3 Å². The van der Waals surface area contributed by atoms with E-state index in [4.69, 9.17) is 0 Å². The SMILES string of the molecule is Cc1[nH]nc(C(F)(F)F)c1-c1ccc(C(=O)N2CCc3[nH]ncc3C2)cc1. The van der Waals surface area contributed by atoms with Crippen LogP contribution in [0.4, 0.5) is 13.2 Å². The van der Waals surface area contributed by atoms with Gasteiger partial charge in [0.25, 0.3) is 5.91 Å². The molecule has 6 nitrogen and oxygen atoms in total. The topological polar surface area (TPSA) is 77.7 Å². The Morgan fingerprint density at radius 2 is 1.93 bits per heavy atom. The van der Waals surface area contributed by atoms with Crippen LogP contribution in [0.3, 0.4) is 0 Å². The molecule has 4 rings (SSSR count). The van der Waals surface area contributed by atoms with Crippen molar-refractivity contribution in [3.05, 3.63) is 58.7 Å². The lowest BCUT2D eigenvalue weighted by molar-refractivity contribution is -0.140. The second-order valence-electron chi connectivity index (χ2n) is 6.50. The maximum atomic E-state index is 13.1. The van der Waals surface area contributed by atoms with Crippen LogP contribution < -0.4 is 0 Å². The molecule has 1 aliphatic heterocycles. The standard InChI is InChI=1S/C18H16F3N5O/c1-10-15(16(25-23-10)18(19,20)21)11-2-4-12(5-3-11)17(27)26-7-6-14-13(9-26)8-22-24-14/h2-5,8H,6-7,9H2,1H3,(H,22,24)(H,23,25). The van der Waals surface area contributed by atoms with E-state index in [1.807, 2.05) is 0 Å². The smallest absolute Gasteiger partial charge is 0.334 e. The molecule has 1 aromatic carbocycles. The molecular weight excluding hydrogens is 359 g/mol. The second-order valence-corrected chi connectivity index (χ2v) is 6.50. The molecule has 0 saturated heterocycles. The number of hydrogen-bond acceptors (Lipinski definition) is 3. The van der Waals surface area contributed by atoms with Crippen LogP contribution in [0.15, 0.2) is 30.5 Å². The van der Waals surface area contributed by atoms with Crippen molar-refractivity contribution in [3.8, 4) is 11.1 Å². The number of H-pyrrole nitrogens is 2. The summed E-state index contributed by atoms with van der Waals surface area (Å²) in [5.41, 5.74) is 2.18. The first kappa shape index (κ1) is 17.3. The molecule has 0 aliphatic carbocycles. The molecule has 1 aliphatic rings. The molecule has 1 amide bonds. The zero-order valence-electron chi connectivity index (χ0n) is 14.4. The number of alkyl halides is 3. The zero-order chi connectivity index (χ0) is 19.2. The van der Waals surface area contributed by atoms with Gasteiger partial charge in [0.15, 0.2) is 5.69 Å². The number of rotatable bonds is 2. The summed E-state index contributed by atoms with van der Waals surface area (Å²) in [7, 11) is 0. The highest BCUT2D eigenvalue weighted by atomic mass is 19.4. The van der Waals surface area contributed by atoms with Gasteiger partial charge < -0.3 is 4.90 Å². The summed E-state index contributed by atoms with van der Waals surface area (Å²) in [4.78, 5) is 14.4. The molecule has 9 heteroatoms. The maximum absolute atomic E-state index is 13.1. The van der Waals surface area contributed by atoms with Crippen LogP contribution in [0, 0.1) is 6.92 Å². The normalized spacial score (nSPS) is 14.3. The van der Waals surface area contributed by atoms with Gasteiger partial charge in [0.2, 0.25) is 0 Å². The quantitative estimate of drug-likeness (QED) is 0.721. The van der Waals surface area contributed by atoms with E-state index < -0.39 is 11.9 Å². The fraction of sp³-hybridized carbons (Fsp3) is 0.278. The third kappa shape index (κ3) is 3.09. The number of fused-ring (bicyclic) bond motifs is 1. The van der Waals surface area contributed by atoms with Crippen molar-refractivity contribution >= 4 is 5.91 Å². The highest BCUT2D eigenvalue weighted by Gasteiger charge is 2.37. The Balaban J connectivity index is 1.59. The third-order valence-corrected chi connectivity index (χ3v) is 4.72. The van der Waals surface area contributed by atoms with Gasteiger partial charge in [-0.15, -0.1) is 0 Å². The molecule has 27 heavy (non-hydrogen) atoms. The van der Waals surface area contributed by atoms with Gasteiger partial charge in [-0.3, -0.25) is 15.0 Å². The number of nitrogens with zero attached hydrogens (tertiary/aromatic N) is 3. The van der Waals surface area contributed by atoms with E-state index in [1.54, 1.807) is 23.2 Å². The number of hydrogen-bond donors (Lipinski definition) is 2. The molecular formula is C18H16F3N5O. The zero-order valence-corrected chi connectivity index (χ0v) is 14.4. The number of carbonyl (C=O) groups excluding carboxylic acids is 1. The lowest BCUT2D eigenvalue weighted by atomic mass is 10.0. The Kier molecular flexibility index (Phi) is 4.01. The van der Waals surface area contributed by atoms with Gasteiger partial charge in [-0.05, 0) is 24.6 Å². The monoisotopic (exact) mass is 375 g/mol. The number of benzene rings is 1. The minimum atomic E-state index is -4.55. The molecule has 0 unspecified atom stereocenters. The molecule has 3 aromatic rings. The third-order valence-electron chi connectivity index (χ3n) is 4.72. The summed E-state index contributed by atoms with van der Waals surface area (Å²) in [5, 5.41) is 12.7. The van der Waals surface area contributed by atoms with E-state index in [0.717, 1.165) is 11.3 Å². The van der Waals surface area contributed by atoms with Crippen LogP contribution in [0.25, 0.3) is 11.1 Å². The van der Waals surface area contributed by atoms with Crippen molar-refractivity contribution in [3.63, 3.8) is 0 Å². The second kappa shape index (κ2) is 6.26. The van der Waals surface area contributed by atoms with Crippen molar-refractivity contribution < 1.29 is 18.0 Å². The van der Waals surface area contributed by atoms with Crippen LogP contribution >= 0.6 is 0 Å². The molecule has 0 spiro atoms. The van der Waals surface area contributed by atoms with Gasteiger partial charge in [0.1, 0.15) is 0 Å². The number of aromatic nitrogens is 4. The summed E-state index contributed by atoms with van der Waals surface area (Å²) in [5.74, 6) is -0.159. The molecule has 0 atom stereocenters. The number of amides is 1. The minimum absolute atomic E-state index is 0.00232.